The van der Waals surface area contributed by atoms with Crippen LogP contribution in [0.25, 0.3) is 0 Å². The molecule has 0 spiro atoms. The highest BCUT2D eigenvalue weighted by molar-refractivity contribution is 7.13. The molecule has 140 valence electrons. The fourth-order valence-electron chi connectivity index (χ4n) is 2.63. The molecule has 1 amide bonds. The summed E-state index contributed by atoms with van der Waals surface area (Å²) in [5, 5.41) is 18.5. The van der Waals surface area contributed by atoms with Crippen LogP contribution in [0.3, 0.4) is 0 Å². The fraction of sp³-hybridized carbons (Fsp3) is 0.200. The summed E-state index contributed by atoms with van der Waals surface area (Å²) >= 11 is 1.32. The van der Waals surface area contributed by atoms with Gasteiger partial charge in [0, 0.05) is 24.2 Å². The van der Waals surface area contributed by atoms with Gasteiger partial charge in [-0.1, -0.05) is 42.5 Å². The quantitative estimate of drug-likeness (QED) is 0.480. The minimum atomic E-state index is -0.537. The first-order chi connectivity index (χ1) is 13.1. The summed E-state index contributed by atoms with van der Waals surface area (Å²) in [5.74, 6) is -0.128. The SMILES string of the molecule is Nc1nc(CC(=O)Nc2ccc(CNCC(O)c3ccccc3)cc2)cs1. The van der Waals surface area contributed by atoms with Crippen molar-refractivity contribution < 1.29 is 9.90 Å². The van der Waals surface area contributed by atoms with Crippen molar-refractivity contribution in [3.63, 3.8) is 0 Å². The number of carbonyl (C=O) groups excluding carboxylic acids is 1. The van der Waals surface area contributed by atoms with E-state index < -0.39 is 6.10 Å². The number of thiazole rings is 1. The van der Waals surface area contributed by atoms with E-state index in [9.17, 15) is 9.90 Å². The number of hydrogen-bond acceptors (Lipinski definition) is 6. The molecule has 1 unspecified atom stereocenters. The van der Waals surface area contributed by atoms with E-state index in [-0.39, 0.29) is 12.3 Å². The van der Waals surface area contributed by atoms with Gasteiger partial charge in [0.25, 0.3) is 0 Å². The number of aliphatic hydroxyl groups excluding tert-OH is 1. The van der Waals surface area contributed by atoms with Crippen molar-refractivity contribution in [1.29, 1.82) is 0 Å². The summed E-state index contributed by atoms with van der Waals surface area (Å²) < 4.78 is 0. The Labute approximate surface area is 162 Å². The van der Waals surface area contributed by atoms with E-state index in [1.807, 2.05) is 54.6 Å². The molecule has 0 fully saturated rings. The normalized spacial score (nSPS) is 11.9. The largest absolute Gasteiger partial charge is 0.387 e. The van der Waals surface area contributed by atoms with Crippen LogP contribution in [-0.2, 0) is 17.8 Å². The Bertz CT molecular complexity index is 865. The van der Waals surface area contributed by atoms with E-state index in [1.54, 1.807) is 5.38 Å². The second kappa shape index (κ2) is 9.27. The van der Waals surface area contributed by atoms with Crippen molar-refractivity contribution in [3.8, 4) is 0 Å². The van der Waals surface area contributed by atoms with Gasteiger partial charge in [0.15, 0.2) is 5.13 Å². The first-order valence-electron chi connectivity index (χ1n) is 8.62. The van der Waals surface area contributed by atoms with E-state index in [4.69, 9.17) is 5.73 Å². The zero-order chi connectivity index (χ0) is 19.1. The lowest BCUT2D eigenvalue weighted by Gasteiger charge is -2.12. The van der Waals surface area contributed by atoms with Gasteiger partial charge in [0.1, 0.15) is 0 Å². The van der Waals surface area contributed by atoms with Gasteiger partial charge in [-0.2, -0.15) is 0 Å². The van der Waals surface area contributed by atoms with Crippen molar-refractivity contribution in [2.24, 2.45) is 0 Å². The summed E-state index contributed by atoms with van der Waals surface area (Å²) in [6.45, 7) is 1.11. The van der Waals surface area contributed by atoms with Crippen LogP contribution in [0, 0.1) is 0 Å². The zero-order valence-electron chi connectivity index (χ0n) is 14.8. The number of carbonyl (C=O) groups is 1. The molecule has 6 nitrogen and oxygen atoms in total. The third kappa shape index (κ3) is 5.89. The molecular weight excluding hydrogens is 360 g/mol. The molecule has 0 aliphatic rings. The first kappa shape index (κ1) is 19.0. The van der Waals surface area contributed by atoms with Gasteiger partial charge >= 0.3 is 0 Å². The number of rotatable bonds is 8. The average Bonchev–Trinajstić information content (AvgIpc) is 3.08. The van der Waals surface area contributed by atoms with Gasteiger partial charge in [-0.25, -0.2) is 4.98 Å². The topological polar surface area (TPSA) is 100 Å². The van der Waals surface area contributed by atoms with Crippen LogP contribution in [0.1, 0.15) is 22.9 Å². The Balaban J connectivity index is 1.43. The van der Waals surface area contributed by atoms with E-state index in [2.05, 4.69) is 15.6 Å². The van der Waals surface area contributed by atoms with Crippen LogP contribution in [0.4, 0.5) is 10.8 Å². The highest BCUT2D eigenvalue weighted by atomic mass is 32.1. The second-order valence-electron chi connectivity index (χ2n) is 6.16. The third-order valence-electron chi connectivity index (χ3n) is 4.00. The van der Waals surface area contributed by atoms with Crippen LogP contribution in [0.2, 0.25) is 0 Å². The summed E-state index contributed by atoms with van der Waals surface area (Å²) in [6, 6.07) is 17.2. The predicted octanol–water partition coefficient (Wildman–Crippen LogP) is 2.73. The number of anilines is 2. The number of amides is 1. The lowest BCUT2D eigenvalue weighted by molar-refractivity contribution is -0.115. The summed E-state index contributed by atoms with van der Waals surface area (Å²) in [5.41, 5.74) is 8.94. The van der Waals surface area contributed by atoms with Gasteiger partial charge in [-0.05, 0) is 23.3 Å². The maximum atomic E-state index is 12.0. The maximum absolute atomic E-state index is 12.0. The molecule has 2 aromatic carbocycles. The van der Waals surface area contributed by atoms with Crippen molar-refractivity contribution in [2.75, 3.05) is 17.6 Å². The molecule has 1 heterocycles. The summed E-state index contributed by atoms with van der Waals surface area (Å²) in [7, 11) is 0. The number of aliphatic hydroxyl groups is 1. The zero-order valence-corrected chi connectivity index (χ0v) is 15.6. The highest BCUT2D eigenvalue weighted by Gasteiger charge is 2.08. The van der Waals surface area contributed by atoms with E-state index >= 15 is 0 Å². The number of nitrogens with two attached hydrogens (primary N) is 1. The van der Waals surface area contributed by atoms with Gasteiger partial charge in [0.05, 0.1) is 18.2 Å². The number of aromatic nitrogens is 1. The van der Waals surface area contributed by atoms with E-state index in [1.165, 1.54) is 11.3 Å². The Morgan fingerprint density at radius 2 is 1.89 bits per heavy atom. The highest BCUT2D eigenvalue weighted by Crippen LogP contribution is 2.14. The van der Waals surface area contributed by atoms with Crippen molar-refractivity contribution in [1.82, 2.24) is 10.3 Å². The number of nitrogens with one attached hydrogen (secondary N) is 2. The molecule has 0 saturated heterocycles. The molecule has 0 aliphatic heterocycles. The first-order valence-corrected chi connectivity index (χ1v) is 9.50. The molecule has 7 heteroatoms. The Morgan fingerprint density at radius 3 is 2.56 bits per heavy atom. The number of benzene rings is 2. The molecule has 27 heavy (non-hydrogen) atoms. The molecule has 1 atom stereocenters. The van der Waals surface area contributed by atoms with Crippen LogP contribution >= 0.6 is 11.3 Å². The second-order valence-corrected chi connectivity index (χ2v) is 7.05. The number of nitrogen functional groups attached to an aromatic ring is 1. The lowest BCUT2D eigenvalue weighted by atomic mass is 10.1. The van der Waals surface area contributed by atoms with Gasteiger partial charge in [-0.15, -0.1) is 11.3 Å². The molecule has 0 aliphatic carbocycles. The molecule has 1 aromatic heterocycles. The molecule has 3 aromatic rings. The minimum Gasteiger partial charge on any atom is -0.387 e. The van der Waals surface area contributed by atoms with Crippen LogP contribution < -0.4 is 16.4 Å². The van der Waals surface area contributed by atoms with Crippen LogP contribution in [0.5, 0.6) is 0 Å². The van der Waals surface area contributed by atoms with Crippen LogP contribution in [-0.4, -0.2) is 22.5 Å². The van der Waals surface area contributed by atoms with Gasteiger partial charge < -0.3 is 21.5 Å². The molecule has 0 radical (unpaired) electrons. The Morgan fingerprint density at radius 1 is 1.15 bits per heavy atom. The summed E-state index contributed by atoms with van der Waals surface area (Å²) in [4.78, 5) is 16.1. The molecular formula is C20H22N4O2S. The third-order valence-corrected chi connectivity index (χ3v) is 4.72. The smallest absolute Gasteiger partial charge is 0.230 e. The Kier molecular flexibility index (Phi) is 6.54. The van der Waals surface area contributed by atoms with Crippen LogP contribution in [0.15, 0.2) is 60.0 Å². The summed E-state index contributed by atoms with van der Waals surface area (Å²) in [6.07, 6.45) is -0.335. The molecule has 0 saturated carbocycles. The van der Waals surface area contributed by atoms with Crippen molar-refractivity contribution in [2.45, 2.75) is 19.1 Å². The molecule has 3 rings (SSSR count). The predicted molar refractivity (Wildman–Crippen MR) is 108 cm³/mol. The standard InChI is InChI=1S/C20H22N4O2S/c21-20-24-17(13-27-20)10-19(26)23-16-8-6-14(7-9-16)11-22-12-18(25)15-4-2-1-3-5-15/h1-9,13,18,22,25H,10-12H2,(H2,21,24)(H,23,26). The number of nitrogens with zero attached hydrogens (tertiary/aromatic N) is 1. The van der Waals surface area contributed by atoms with Gasteiger partial charge in [0.2, 0.25) is 5.91 Å². The minimum absolute atomic E-state index is 0.128. The van der Waals surface area contributed by atoms with Gasteiger partial charge in [-0.3, -0.25) is 4.79 Å². The monoisotopic (exact) mass is 382 g/mol. The van der Waals surface area contributed by atoms with Crippen molar-refractivity contribution >= 4 is 28.1 Å². The van der Waals surface area contributed by atoms with E-state index in [0.717, 1.165) is 16.8 Å². The van der Waals surface area contributed by atoms with E-state index in [0.29, 0.717) is 23.9 Å². The fourth-order valence-corrected chi connectivity index (χ4v) is 3.19. The molecule has 0 bridgehead atoms. The Hall–Kier alpha value is -2.74. The maximum Gasteiger partial charge on any atom is 0.230 e. The lowest BCUT2D eigenvalue weighted by Crippen LogP contribution is -2.21. The number of hydrogen-bond donors (Lipinski definition) is 4. The van der Waals surface area contributed by atoms with Crippen molar-refractivity contribution in [3.05, 3.63) is 76.8 Å². The average molecular weight is 382 g/mol. The molecule has 5 N–H and O–H groups in total.